The molecule has 1 saturated carbocycles. The maximum atomic E-state index is 12.1. The van der Waals surface area contributed by atoms with Gasteiger partial charge in [0.05, 0.1) is 5.69 Å². The number of hydrogen-bond acceptors (Lipinski definition) is 2. The number of rotatable bonds is 5. The molecule has 0 unspecified atom stereocenters. The SMILES string of the molecule is NC(=S)c1cc(Br)ccc1NC(=O)CCC1CCCCC1. The molecular weight excluding hydrogens is 348 g/mol. The van der Waals surface area contributed by atoms with Crippen LogP contribution in [0.5, 0.6) is 0 Å². The van der Waals surface area contributed by atoms with Gasteiger partial charge in [0.2, 0.25) is 5.91 Å². The summed E-state index contributed by atoms with van der Waals surface area (Å²) in [6.45, 7) is 0. The van der Waals surface area contributed by atoms with E-state index in [1.54, 1.807) is 0 Å². The van der Waals surface area contributed by atoms with Crippen molar-refractivity contribution in [1.82, 2.24) is 0 Å². The Kier molecular flexibility index (Phi) is 6.18. The average molecular weight is 369 g/mol. The Morgan fingerprint density at radius 1 is 1.33 bits per heavy atom. The molecule has 1 aliphatic carbocycles. The summed E-state index contributed by atoms with van der Waals surface area (Å²) >= 11 is 8.42. The molecule has 1 aromatic rings. The molecule has 5 heteroatoms. The van der Waals surface area contributed by atoms with Crippen molar-refractivity contribution in [2.75, 3.05) is 5.32 Å². The highest BCUT2D eigenvalue weighted by Gasteiger charge is 2.15. The van der Waals surface area contributed by atoms with Crippen LogP contribution in [-0.2, 0) is 4.79 Å². The van der Waals surface area contributed by atoms with E-state index >= 15 is 0 Å². The van der Waals surface area contributed by atoms with Gasteiger partial charge in [-0.15, -0.1) is 0 Å². The van der Waals surface area contributed by atoms with Gasteiger partial charge in [-0.2, -0.15) is 0 Å². The van der Waals surface area contributed by atoms with Gasteiger partial charge in [-0.25, -0.2) is 0 Å². The van der Waals surface area contributed by atoms with Crippen LogP contribution in [0, 0.1) is 5.92 Å². The molecule has 1 aliphatic rings. The fourth-order valence-electron chi connectivity index (χ4n) is 2.85. The Hall–Kier alpha value is -0.940. The number of benzene rings is 1. The molecule has 0 atom stereocenters. The van der Waals surface area contributed by atoms with Crippen LogP contribution in [0.1, 0.15) is 50.5 Å². The first-order chi connectivity index (χ1) is 10.1. The predicted octanol–water partition coefficient (Wildman–Crippen LogP) is 4.38. The lowest BCUT2D eigenvalue weighted by Gasteiger charge is -2.21. The summed E-state index contributed by atoms with van der Waals surface area (Å²) in [4.78, 5) is 12.4. The Bertz CT molecular complexity index is 527. The van der Waals surface area contributed by atoms with E-state index in [0.29, 0.717) is 28.6 Å². The fraction of sp³-hybridized carbons (Fsp3) is 0.500. The first-order valence-electron chi connectivity index (χ1n) is 7.45. The van der Waals surface area contributed by atoms with Gasteiger partial charge in [0.25, 0.3) is 0 Å². The molecule has 0 heterocycles. The summed E-state index contributed by atoms with van der Waals surface area (Å²) in [6.07, 6.45) is 8.05. The van der Waals surface area contributed by atoms with Crippen LogP contribution in [0.4, 0.5) is 5.69 Å². The molecule has 2 rings (SSSR count). The second-order valence-corrected chi connectivity index (χ2v) is 7.00. The summed E-state index contributed by atoms with van der Waals surface area (Å²) in [7, 11) is 0. The summed E-state index contributed by atoms with van der Waals surface area (Å²) in [5.74, 6) is 0.755. The van der Waals surface area contributed by atoms with Crippen molar-refractivity contribution in [3.05, 3.63) is 28.2 Å². The molecule has 1 aromatic carbocycles. The summed E-state index contributed by atoms with van der Waals surface area (Å²) in [5.41, 5.74) is 7.10. The quantitative estimate of drug-likeness (QED) is 0.758. The van der Waals surface area contributed by atoms with Crippen molar-refractivity contribution in [1.29, 1.82) is 0 Å². The number of carbonyl (C=O) groups is 1. The molecular formula is C16H21BrN2OS. The Labute approximate surface area is 139 Å². The Balaban J connectivity index is 1.91. The summed E-state index contributed by atoms with van der Waals surface area (Å²) < 4.78 is 0.894. The molecule has 3 nitrogen and oxygen atoms in total. The second-order valence-electron chi connectivity index (χ2n) is 5.65. The molecule has 114 valence electrons. The number of amides is 1. The minimum Gasteiger partial charge on any atom is -0.389 e. The molecule has 0 radical (unpaired) electrons. The number of nitrogens with one attached hydrogen (secondary N) is 1. The molecule has 21 heavy (non-hydrogen) atoms. The largest absolute Gasteiger partial charge is 0.389 e. The lowest BCUT2D eigenvalue weighted by Crippen LogP contribution is -2.18. The smallest absolute Gasteiger partial charge is 0.224 e. The van der Waals surface area contributed by atoms with Crippen molar-refractivity contribution < 1.29 is 4.79 Å². The van der Waals surface area contributed by atoms with E-state index in [9.17, 15) is 4.79 Å². The topological polar surface area (TPSA) is 55.1 Å². The minimum atomic E-state index is 0.0420. The monoisotopic (exact) mass is 368 g/mol. The third-order valence-corrected chi connectivity index (χ3v) is 4.74. The maximum Gasteiger partial charge on any atom is 0.224 e. The molecule has 0 aromatic heterocycles. The van der Waals surface area contributed by atoms with Crippen LogP contribution in [0.15, 0.2) is 22.7 Å². The summed E-state index contributed by atoms with van der Waals surface area (Å²) in [6, 6.07) is 5.54. The van der Waals surface area contributed by atoms with E-state index in [0.717, 1.165) is 10.9 Å². The van der Waals surface area contributed by atoms with E-state index in [4.69, 9.17) is 18.0 Å². The Morgan fingerprint density at radius 2 is 2.05 bits per heavy atom. The van der Waals surface area contributed by atoms with Gasteiger partial charge in [0.1, 0.15) is 4.99 Å². The fourth-order valence-corrected chi connectivity index (χ4v) is 3.38. The molecule has 0 spiro atoms. The highest BCUT2D eigenvalue weighted by atomic mass is 79.9. The second kappa shape index (κ2) is 7.90. The lowest BCUT2D eigenvalue weighted by molar-refractivity contribution is -0.116. The minimum absolute atomic E-state index is 0.0420. The van der Waals surface area contributed by atoms with Gasteiger partial charge in [-0.05, 0) is 30.5 Å². The number of thiocarbonyl (C=S) groups is 1. The van der Waals surface area contributed by atoms with Gasteiger partial charge in [-0.3, -0.25) is 4.79 Å². The number of halogens is 1. The number of anilines is 1. The van der Waals surface area contributed by atoms with E-state index < -0.39 is 0 Å². The van der Waals surface area contributed by atoms with Gasteiger partial charge in [0, 0.05) is 16.5 Å². The highest BCUT2D eigenvalue weighted by molar-refractivity contribution is 9.10. The average Bonchev–Trinajstić information content (AvgIpc) is 2.48. The van der Waals surface area contributed by atoms with E-state index in [1.165, 1.54) is 32.1 Å². The highest BCUT2D eigenvalue weighted by Crippen LogP contribution is 2.27. The molecule has 0 bridgehead atoms. The van der Waals surface area contributed by atoms with Crippen LogP contribution in [-0.4, -0.2) is 10.9 Å². The summed E-state index contributed by atoms with van der Waals surface area (Å²) in [5, 5.41) is 2.93. The zero-order valence-electron chi connectivity index (χ0n) is 12.0. The lowest BCUT2D eigenvalue weighted by atomic mass is 9.86. The maximum absolute atomic E-state index is 12.1. The first kappa shape index (κ1) is 16.4. The van der Waals surface area contributed by atoms with Crippen molar-refractivity contribution in [2.45, 2.75) is 44.9 Å². The van der Waals surface area contributed by atoms with Crippen LogP contribution < -0.4 is 11.1 Å². The standard InChI is InChI=1S/C16H21BrN2OS/c17-12-7-8-14(13(10-12)16(18)21)19-15(20)9-6-11-4-2-1-3-5-11/h7-8,10-11H,1-6,9H2,(H2,18,21)(H,19,20). The van der Waals surface area contributed by atoms with Crippen molar-refractivity contribution in [3.63, 3.8) is 0 Å². The van der Waals surface area contributed by atoms with Gasteiger partial charge >= 0.3 is 0 Å². The third kappa shape index (κ3) is 5.08. The normalized spacial score (nSPS) is 15.7. The molecule has 3 N–H and O–H groups in total. The third-order valence-electron chi connectivity index (χ3n) is 4.03. The van der Waals surface area contributed by atoms with E-state index in [1.807, 2.05) is 18.2 Å². The zero-order chi connectivity index (χ0) is 15.2. The van der Waals surface area contributed by atoms with Gasteiger partial charge in [0.15, 0.2) is 0 Å². The Morgan fingerprint density at radius 3 is 2.71 bits per heavy atom. The van der Waals surface area contributed by atoms with Crippen molar-refractivity contribution >= 4 is 44.7 Å². The van der Waals surface area contributed by atoms with Crippen molar-refractivity contribution in [3.8, 4) is 0 Å². The van der Waals surface area contributed by atoms with Crippen LogP contribution >= 0.6 is 28.1 Å². The van der Waals surface area contributed by atoms with Gasteiger partial charge < -0.3 is 11.1 Å². The van der Waals surface area contributed by atoms with E-state index in [2.05, 4.69) is 21.2 Å². The molecule has 0 saturated heterocycles. The van der Waals surface area contributed by atoms with Crippen LogP contribution in [0.2, 0.25) is 0 Å². The molecule has 0 aliphatic heterocycles. The van der Waals surface area contributed by atoms with Crippen LogP contribution in [0.3, 0.4) is 0 Å². The first-order valence-corrected chi connectivity index (χ1v) is 8.65. The van der Waals surface area contributed by atoms with Crippen molar-refractivity contribution in [2.24, 2.45) is 11.7 Å². The number of hydrogen-bond donors (Lipinski definition) is 2. The predicted molar refractivity (Wildman–Crippen MR) is 94.5 cm³/mol. The van der Waals surface area contributed by atoms with Gasteiger partial charge in [-0.1, -0.05) is 60.3 Å². The number of nitrogens with two attached hydrogens (primary N) is 1. The number of carbonyl (C=O) groups excluding carboxylic acids is 1. The molecule has 1 amide bonds. The van der Waals surface area contributed by atoms with E-state index in [-0.39, 0.29) is 5.91 Å². The van der Waals surface area contributed by atoms with Crippen LogP contribution in [0.25, 0.3) is 0 Å². The zero-order valence-corrected chi connectivity index (χ0v) is 14.4. The molecule has 1 fully saturated rings.